The molecule has 4 rings (SSSR count). The number of carbonyl (C=O) groups excluding carboxylic acids is 7. The fourth-order valence-electron chi connectivity index (χ4n) is 7.54. The fraction of sp³-hybridized carbons (Fsp3) is 0.718. The van der Waals surface area contributed by atoms with Crippen molar-refractivity contribution in [2.45, 2.75) is 134 Å². The second-order valence-corrected chi connectivity index (χ2v) is 18.1. The van der Waals surface area contributed by atoms with E-state index in [2.05, 4.69) is 21.3 Å². The van der Waals surface area contributed by atoms with E-state index in [1.807, 2.05) is 0 Å². The smallest absolute Gasteiger partial charge is 0.408 e. The third-order valence-electron chi connectivity index (χ3n) is 10.2. The first-order valence-corrected chi connectivity index (χ1v) is 20.3. The van der Waals surface area contributed by atoms with E-state index in [1.165, 1.54) is 21.1 Å². The topological polar surface area (TPSA) is 204 Å². The van der Waals surface area contributed by atoms with Crippen molar-refractivity contribution < 1.29 is 43.4 Å². The number of rotatable bonds is 16. The van der Waals surface area contributed by atoms with Gasteiger partial charge in [0, 0.05) is 25.5 Å². The molecule has 3 aliphatic rings. The highest BCUT2D eigenvalue weighted by atomic mass is 32.1. The molecule has 5 N–H and O–H groups in total. The monoisotopic (exact) mass is 788 g/mol. The highest BCUT2D eigenvalue weighted by Crippen LogP contribution is 2.36. The second-order valence-electron chi connectivity index (χ2n) is 17.1. The number of likely N-dealkylation sites (tertiary alicyclic amines) is 1. The predicted octanol–water partition coefficient (Wildman–Crippen LogP) is 2.82. The van der Waals surface area contributed by atoms with Crippen LogP contribution in [-0.4, -0.2) is 113 Å². The number of hydrogen-bond donors (Lipinski definition) is 5. The van der Waals surface area contributed by atoms with E-state index in [0.717, 1.165) is 44.9 Å². The van der Waals surface area contributed by atoms with Gasteiger partial charge in [0.15, 0.2) is 0 Å². The molecule has 16 heteroatoms. The summed E-state index contributed by atoms with van der Waals surface area (Å²) in [6.07, 6.45) is 5.94. The van der Waals surface area contributed by atoms with Crippen molar-refractivity contribution in [3.05, 3.63) is 22.4 Å². The number of thiophene rings is 1. The molecule has 1 aromatic heterocycles. The highest BCUT2D eigenvalue weighted by Gasteiger charge is 2.48. The molecule has 15 nitrogen and oxygen atoms in total. The van der Waals surface area contributed by atoms with Crippen LogP contribution in [0.15, 0.2) is 17.5 Å². The summed E-state index contributed by atoms with van der Waals surface area (Å²) in [6, 6.07) is -0.768. The van der Waals surface area contributed by atoms with Crippen LogP contribution < -0.4 is 21.3 Å². The van der Waals surface area contributed by atoms with E-state index >= 15 is 0 Å². The minimum absolute atomic E-state index is 0.108. The Labute approximate surface area is 328 Å². The Morgan fingerprint density at radius 3 is 2.18 bits per heavy atom. The van der Waals surface area contributed by atoms with Gasteiger partial charge in [0.05, 0.1) is 18.2 Å². The van der Waals surface area contributed by atoms with Crippen LogP contribution in [0.3, 0.4) is 0 Å². The third-order valence-corrected chi connectivity index (χ3v) is 11.2. The Kier molecular flexibility index (Phi) is 14.9. The fourth-order valence-corrected chi connectivity index (χ4v) is 8.31. The summed E-state index contributed by atoms with van der Waals surface area (Å²) in [5.74, 6) is -4.66. The van der Waals surface area contributed by atoms with Gasteiger partial charge in [0.2, 0.25) is 29.4 Å². The van der Waals surface area contributed by atoms with Gasteiger partial charge in [0.1, 0.15) is 23.7 Å². The number of likely N-dealkylation sites (N-methyl/N-ethyl adjacent to an activating group) is 1. The van der Waals surface area contributed by atoms with Crippen LogP contribution in [0.2, 0.25) is 0 Å². The minimum Gasteiger partial charge on any atom is -0.444 e. The van der Waals surface area contributed by atoms with E-state index in [9.17, 15) is 38.7 Å². The lowest BCUT2D eigenvalue weighted by molar-refractivity contribution is -0.144. The van der Waals surface area contributed by atoms with Crippen LogP contribution in [0.5, 0.6) is 0 Å². The Morgan fingerprint density at radius 1 is 0.945 bits per heavy atom. The second kappa shape index (κ2) is 18.7. The standard InChI is InChI=1S/C39H60N6O9S/c1-38(2,3)54-37(52)43-29(24-12-9-8-10-13-24)36(51)45-18-17-25(21-39(4,5)53)31(45)33(48)41-26(20-23-15-16-23)32(47)34(49)40-22-28(46)42-30(35(50)44(6)7)27-14-11-19-55-27/h11,14,19,23-26,29-31,53H,8-10,12-13,15-18,20-22H2,1-7H3,(H,40,49)(H,41,48)(H,42,46)(H,43,52)/t25-,26+,29+,30+,31+/m1/s1. The first kappa shape index (κ1) is 43.7. The summed E-state index contributed by atoms with van der Waals surface area (Å²) in [5, 5.41) is 23.1. The number of ketones is 1. The lowest BCUT2D eigenvalue weighted by Gasteiger charge is -2.36. The number of nitrogens with zero attached hydrogens (tertiary/aromatic N) is 2. The van der Waals surface area contributed by atoms with Crippen LogP contribution in [0.1, 0.15) is 110 Å². The molecule has 0 spiro atoms. The van der Waals surface area contributed by atoms with Crippen molar-refractivity contribution in [3.8, 4) is 0 Å². The van der Waals surface area contributed by atoms with E-state index in [1.54, 1.807) is 66.2 Å². The molecule has 0 radical (unpaired) electrons. The van der Waals surface area contributed by atoms with Crippen LogP contribution >= 0.6 is 11.3 Å². The molecule has 5 atom stereocenters. The van der Waals surface area contributed by atoms with E-state index in [-0.39, 0.29) is 37.1 Å². The van der Waals surface area contributed by atoms with Gasteiger partial charge in [-0.05, 0) is 95.9 Å². The molecule has 3 fully saturated rings. The number of aliphatic hydroxyl groups is 1. The van der Waals surface area contributed by atoms with Crippen LogP contribution in [0.25, 0.3) is 0 Å². The van der Waals surface area contributed by atoms with Crippen molar-refractivity contribution in [1.29, 1.82) is 0 Å². The average Bonchev–Trinajstić information content (AvgIpc) is 3.56. The molecule has 2 saturated carbocycles. The zero-order valence-corrected chi connectivity index (χ0v) is 34.1. The zero-order valence-electron chi connectivity index (χ0n) is 33.3. The van der Waals surface area contributed by atoms with Crippen molar-refractivity contribution >= 4 is 52.7 Å². The van der Waals surface area contributed by atoms with Gasteiger partial charge in [-0.15, -0.1) is 11.3 Å². The van der Waals surface area contributed by atoms with Crippen LogP contribution in [0.4, 0.5) is 4.79 Å². The van der Waals surface area contributed by atoms with Crippen molar-refractivity contribution in [1.82, 2.24) is 31.1 Å². The SMILES string of the molecule is CN(C)C(=O)[C@@H](NC(=O)CNC(=O)C(=O)[C@H](CC1CC1)NC(=O)[C@@H]1[C@@H](CC(C)(C)O)CCN1C(=O)[C@@H](NC(=O)OC(C)(C)C)C1CCCCC1)c1cccs1. The lowest BCUT2D eigenvalue weighted by atomic mass is 9.83. The van der Waals surface area contributed by atoms with Gasteiger partial charge < -0.3 is 40.9 Å². The van der Waals surface area contributed by atoms with E-state index in [0.29, 0.717) is 11.3 Å². The quantitative estimate of drug-likeness (QED) is 0.156. The molecule has 0 unspecified atom stereocenters. The number of carbonyl (C=O) groups is 7. The van der Waals surface area contributed by atoms with E-state index < -0.39 is 83.3 Å². The van der Waals surface area contributed by atoms with Crippen molar-refractivity contribution in [2.75, 3.05) is 27.2 Å². The molecule has 55 heavy (non-hydrogen) atoms. The molecule has 306 valence electrons. The molecule has 2 heterocycles. The number of amides is 6. The first-order valence-electron chi connectivity index (χ1n) is 19.4. The van der Waals surface area contributed by atoms with Gasteiger partial charge in [-0.1, -0.05) is 38.2 Å². The summed E-state index contributed by atoms with van der Waals surface area (Å²) >= 11 is 1.29. The van der Waals surface area contributed by atoms with Crippen molar-refractivity contribution in [3.63, 3.8) is 0 Å². The number of alkyl carbamates (subject to hydrolysis) is 1. The van der Waals surface area contributed by atoms with Gasteiger partial charge in [0.25, 0.3) is 5.91 Å². The minimum atomic E-state index is -1.23. The molecular weight excluding hydrogens is 729 g/mol. The predicted molar refractivity (Wildman–Crippen MR) is 205 cm³/mol. The molecular formula is C39H60N6O9S. The largest absolute Gasteiger partial charge is 0.444 e. The Bertz CT molecular complexity index is 1540. The molecule has 1 aliphatic heterocycles. The van der Waals surface area contributed by atoms with Crippen LogP contribution in [0, 0.1) is 17.8 Å². The maximum absolute atomic E-state index is 14.5. The first-order chi connectivity index (χ1) is 25.7. The van der Waals surface area contributed by atoms with Gasteiger partial charge in [-0.25, -0.2) is 4.79 Å². The Balaban J connectivity index is 1.51. The maximum Gasteiger partial charge on any atom is 0.408 e. The van der Waals surface area contributed by atoms with Crippen molar-refractivity contribution in [2.24, 2.45) is 17.8 Å². The summed E-state index contributed by atoms with van der Waals surface area (Å²) in [6.45, 7) is 8.06. The number of Topliss-reactive ketones (excluding diaryl/α,β-unsaturated/α-hetero) is 1. The number of ether oxygens (including phenoxy) is 1. The lowest BCUT2D eigenvalue weighted by Crippen LogP contribution is -2.59. The summed E-state index contributed by atoms with van der Waals surface area (Å²) in [7, 11) is 3.13. The third kappa shape index (κ3) is 13.0. The Morgan fingerprint density at radius 2 is 1.62 bits per heavy atom. The Hall–Kier alpha value is -4.05. The zero-order chi connectivity index (χ0) is 40.7. The van der Waals surface area contributed by atoms with Gasteiger partial charge in [-0.3, -0.25) is 28.8 Å². The average molecular weight is 789 g/mol. The summed E-state index contributed by atoms with van der Waals surface area (Å²) in [5.41, 5.74) is -1.97. The van der Waals surface area contributed by atoms with E-state index in [4.69, 9.17) is 4.74 Å². The van der Waals surface area contributed by atoms with Gasteiger partial charge in [-0.2, -0.15) is 0 Å². The molecule has 1 saturated heterocycles. The van der Waals surface area contributed by atoms with Gasteiger partial charge >= 0.3 is 6.09 Å². The number of hydrogen-bond acceptors (Lipinski definition) is 10. The van der Waals surface area contributed by atoms with Crippen LogP contribution in [-0.2, 0) is 33.5 Å². The highest BCUT2D eigenvalue weighted by molar-refractivity contribution is 7.10. The maximum atomic E-state index is 14.5. The molecule has 6 amide bonds. The molecule has 1 aromatic rings. The summed E-state index contributed by atoms with van der Waals surface area (Å²) < 4.78 is 5.52. The molecule has 0 bridgehead atoms. The normalized spacial score (nSPS) is 20.8. The number of nitrogens with one attached hydrogen (secondary N) is 4. The summed E-state index contributed by atoms with van der Waals surface area (Å²) in [4.78, 5) is 97.8. The molecule has 2 aliphatic carbocycles. The molecule has 0 aromatic carbocycles.